The van der Waals surface area contributed by atoms with Crippen LogP contribution in [0.15, 0.2) is 59.1 Å². The van der Waals surface area contributed by atoms with E-state index in [4.69, 9.17) is 5.73 Å². The van der Waals surface area contributed by atoms with Gasteiger partial charge in [-0.2, -0.15) is 0 Å². The van der Waals surface area contributed by atoms with Gasteiger partial charge in [0.1, 0.15) is 0 Å². The Morgan fingerprint density at radius 2 is 1.47 bits per heavy atom. The number of hydrogen-bond acceptors (Lipinski definition) is 1. The molecule has 0 saturated heterocycles. The lowest BCUT2D eigenvalue weighted by molar-refractivity contribution is 0.866. The van der Waals surface area contributed by atoms with Crippen molar-refractivity contribution >= 4 is 15.9 Å². The Morgan fingerprint density at radius 1 is 0.867 bits per heavy atom. The second-order valence-electron chi connectivity index (χ2n) is 3.41. The van der Waals surface area contributed by atoms with Gasteiger partial charge in [-0.1, -0.05) is 64.5 Å². The number of rotatable bonds is 2. The van der Waals surface area contributed by atoms with E-state index in [1.54, 1.807) is 0 Å². The monoisotopic (exact) mass is 261 g/mol. The molecule has 0 heterocycles. The Morgan fingerprint density at radius 3 is 2.13 bits per heavy atom. The largest absolute Gasteiger partial charge is 0.320 e. The minimum Gasteiger partial charge on any atom is -0.320 e. The Hall–Kier alpha value is -1.12. The summed E-state index contributed by atoms with van der Waals surface area (Å²) >= 11 is 3.51. The molecule has 0 amide bonds. The van der Waals surface area contributed by atoms with Crippen LogP contribution >= 0.6 is 15.9 Å². The zero-order chi connectivity index (χ0) is 10.7. The molecule has 0 spiro atoms. The summed E-state index contributed by atoms with van der Waals surface area (Å²) in [6.07, 6.45) is 0. The zero-order valence-corrected chi connectivity index (χ0v) is 9.81. The maximum atomic E-state index is 6.19. The molecule has 2 rings (SSSR count). The quantitative estimate of drug-likeness (QED) is 0.880. The van der Waals surface area contributed by atoms with Crippen LogP contribution in [0.5, 0.6) is 0 Å². The molecule has 1 atom stereocenters. The topological polar surface area (TPSA) is 26.0 Å². The zero-order valence-electron chi connectivity index (χ0n) is 8.23. The summed E-state index contributed by atoms with van der Waals surface area (Å²) < 4.78 is 1.06. The second kappa shape index (κ2) is 4.60. The van der Waals surface area contributed by atoms with Crippen LogP contribution in [-0.2, 0) is 0 Å². The molecule has 2 heteroatoms. The highest BCUT2D eigenvalue weighted by atomic mass is 79.9. The van der Waals surface area contributed by atoms with Crippen molar-refractivity contribution in [1.29, 1.82) is 0 Å². The summed E-state index contributed by atoms with van der Waals surface area (Å²) in [5.41, 5.74) is 8.43. The molecule has 1 unspecified atom stereocenters. The molecule has 0 saturated carbocycles. The third kappa shape index (κ3) is 2.28. The van der Waals surface area contributed by atoms with Crippen LogP contribution in [0.1, 0.15) is 17.2 Å². The molecule has 1 nitrogen and oxygen atoms in total. The summed E-state index contributed by atoms with van der Waals surface area (Å²) in [5.74, 6) is 0. The third-order valence-corrected chi connectivity index (χ3v) is 3.12. The lowest BCUT2D eigenvalue weighted by atomic mass is 10.00. The molecule has 0 aliphatic carbocycles. The molecule has 15 heavy (non-hydrogen) atoms. The molecule has 76 valence electrons. The van der Waals surface area contributed by atoms with Crippen molar-refractivity contribution in [3.05, 3.63) is 70.2 Å². The number of hydrogen-bond donors (Lipinski definition) is 1. The van der Waals surface area contributed by atoms with E-state index in [1.807, 2.05) is 54.6 Å². The van der Waals surface area contributed by atoms with E-state index in [1.165, 1.54) is 0 Å². The summed E-state index contributed by atoms with van der Waals surface area (Å²) in [6.45, 7) is 0. The summed E-state index contributed by atoms with van der Waals surface area (Å²) in [4.78, 5) is 0. The van der Waals surface area contributed by atoms with Gasteiger partial charge in [-0.25, -0.2) is 0 Å². The van der Waals surface area contributed by atoms with Crippen molar-refractivity contribution in [3.8, 4) is 0 Å². The van der Waals surface area contributed by atoms with Crippen LogP contribution in [0.25, 0.3) is 0 Å². The van der Waals surface area contributed by atoms with Gasteiger partial charge in [0.15, 0.2) is 0 Å². The van der Waals surface area contributed by atoms with E-state index < -0.39 is 0 Å². The van der Waals surface area contributed by atoms with E-state index in [0.717, 1.165) is 15.6 Å². The molecular formula is C13H12BrN. The van der Waals surface area contributed by atoms with Gasteiger partial charge < -0.3 is 5.73 Å². The van der Waals surface area contributed by atoms with E-state index >= 15 is 0 Å². The molecule has 2 aromatic rings. The lowest BCUT2D eigenvalue weighted by Crippen LogP contribution is -2.12. The van der Waals surface area contributed by atoms with Crippen molar-refractivity contribution in [2.45, 2.75) is 6.04 Å². The maximum absolute atomic E-state index is 6.19. The normalized spacial score (nSPS) is 12.4. The van der Waals surface area contributed by atoms with Gasteiger partial charge in [-0.3, -0.25) is 0 Å². The van der Waals surface area contributed by atoms with Gasteiger partial charge in [0.05, 0.1) is 6.04 Å². The van der Waals surface area contributed by atoms with Gasteiger partial charge in [0, 0.05) is 4.47 Å². The van der Waals surface area contributed by atoms with Crippen LogP contribution in [0.4, 0.5) is 0 Å². The third-order valence-electron chi connectivity index (χ3n) is 2.40. The smallest absolute Gasteiger partial charge is 0.0562 e. The predicted octanol–water partition coefficient (Wildman–Crippen LogP) is 3.50. The molecular weight excluding hydrogens is 250 g/mol. The minimum atomic E-state index is -0.0678. The maximum Gasteiger partial charge on any atom is 0.0562 e. The Balaban J connectivity index is 2.37. The van der Waals surface area contributed by atoms with Gasteiger partial charge in [0.25, 0.3) is 0 Å². The molecule has 0 aliphatic rings. The molecule has 0 bridgehead atoms. The first-order chi connectivity index (χ1) is 7.29. The van der Waals surface area contributed by atoms with Gasteiger partial charge in [-0.15, -0.1) is 0 Å². The fraction of sp³-hybridized carbons (Fsp3) is 0.0769. The highest BCUT2D eigenvalue weighted by molar-refractivity contribution is 9.10. The Labute approximate surface area is 98.1 Å². The van der Waals surface area contributed by atoms with E-state index in [0.29, 0.717) is 0 Å². The molecule has 2 aromatic carbocycles. The van der Waals surface area contributed by atoms with Crippen molar-refractivity contribution in [1.82, 2.24) is 0 Å². The van der Waals surface area contributed by atoms with Gasteiger partial charge >= 0.3 is 0 Å². The summed E-state index contributed by atoms with van der Waals surface area (Å²) in [6, 6.07) is 18.1. The summed E-state index contributed by atoms with van der Waals surface area (Å²) in [7, 11) is 0. The van der Waals surface area contributed by atoms with Crippen molar-refractivity contribution in [3.63, 3.8) is 0 Å². The van der Waals surface area contributed by atoms with Crippen LogP contribution in [0.2, 0.25) is 0 Å². The average Bonchev–Trinajstić information content (AvgIpc) is 2.30. The number of benzene rings is 2. The number of nitrogens with two attached hydrogens (primary N) is 1. The van der Waals surface area contributed by atoms with E-state index in [9.17, 15) is 0 Å². The first kappa shape index (κ1) is 10.4. The van der Waals surface area contributed by atoms with Gasteiger partial charge in [-0.05, 0) is 17.2 Å². The fourth-order valence-corrected chi connectivity index (χ4v) is 2.10. The molecule has 0 radical (unpaired) electrons. The first-order valence-electron chi connectivity index (χ1n) is 4.84. The fourth-order valence-electron chi connectivity index (χ4n) is 1.57. The molecule has 2 N–H and O–H groups in total. The lowest BCUT2D eigenvalue weighted by Gasteiger charge is -2.13. The van der Waals surface area contributed by atoms with Crippen molar-refractivity contribution in [2.24, 2.45) is 5.73 Å². The van der Waals surface area contributed by atoms with Crippen LogP contribution < -0.4 is 5.73 Å². The number of halogens is 1. The first-order valence-corrected chi connectivity index (χ1v) is 5.63. The predicted molar refractivity (Wildman–Crippen MR) is 66.6 cm³/mol. The highest BCUT2D eigenvalue weighted by Gasteiger charge is 2.10. The van der Waals surface area contributed by atoms with E-state index in [-0.39, 0.29) is 6.04 Å². The van der Waals surface area contributed by atoms with Crippen molar-refractivity contribution < 1.29 is 0 Å². The molecule has 0 aliphatic heterocycles. The van der Waals surface area contributed by atoms with Gasteiger partial charge in [0.2, 0.25) is 0 Å². The van der Waals surface area contributed by atoms with Crippen LogP contribution in [-0.4, -0.2) is 0 Å². The SMILES string of the molecule is NC(c1ccccc1)c1ccccc1Br. The summed E-state index contributed by atoms with van der Waals surface area (Å²) in [5, 5.41) is 0. The Kier molecular flexibility index (Phi) is 3.19. The molecule has 0 aromatic heterocycles. The Bertz CT molecular complexity index is 439. The van der Waals surface area contributed by atoms with Crippen LogP contribution in [0.3, 0.4) is 0 Å². The second-order valence-corrected chi connectivity index (χ2v) is 4.26. The van der Waals surface area contributed by atoms with Crippen LogP contribution in [0, 0.1) is 0 Å². The molecule has 0 fully saturated rings. The van der Waals surface area contributed by atoms with Crippen molar-refractivity contribution in [2.75, 3.05) is 0 Å². The standard InChI is InChI=1S/C13H12BrN/c14-12-9-5-4-8-11(12)13(15)10-6-2-1-3-7-10/h1-9,13H,15H2. The minimum absolute atomic E-state index is 0.0678. The average molecular weight is 262 g/mol. The van der Waals surface area contributed by atoms with E-state index in [2.05, 4.69) is 15.9 Å². The highest BCUT2D eigenvalue weighted by Crippen LogP contribution is 2.26.